The quantitative estimate of drug-likeness (QED) is 0.813. The first kappa shape index (κ1) is 14.4. The molecule has 2 aliphatic rings. The van der Waals surface area contributed by atoms with Gasteiger partial charge in [0.05, 0.1) is 12.6 Å². The molecule has 1 amide bonds. The van der Waals surface area contributed by atoms with Gasteiger partial charge in [0.15, 0.2) is 0 Å². The van der Waals surface area contributed by atoms with E-state index in [0.29, 0.717) is 25.0 Å². The number of rotatable bonds is 5. The van der Waals surface area contributed by atoms with Crippen LogP contribution in [0.5, 0.6) is 5.75 Å². The molecule has 1 heterocycles. The maximum absolute atomic E-state index is 12.2. The molecule has 1 saturated heterocycles. The molecule has 3 rings (SSSR count). The number of carbonyl (C=O) groups excluding carboxylic acids is 1. The monoisotopic (exact) mass is 288 g/mol. The lowest BCUT2D eigenvalue weighted by molar-refractivity contribution is -0.123. The molecule has 2 fully saturated rings. The van der Waals surface area contributed by atoms with Crippen molar-refractivity contribution in [2.24, 2.45) is 11.8 Å². The van der Waals surface area contributed by atoms with Crippen LogP contribution in [0.15, 0.2) is 24.3 Å². The molecule has 1 saturated carbocycles. The van der Waals surface area contributed by atoms with Crippen molar-refractivity contribution < 1.29 is 9.53 Å². The zero-order valence-electron chi connectivity index (χ0n) is 12.6. The predicted molar refractivity (Wildman–Crippen MR) is 82.3 cm³/mol. The smallest absolute Gasteiger partial charge is 0.237 e. The van der Waals surface area contributed by atoms with Crippen molar-refractivity contribution in [2.75, 3.05) is 19.7 Å². The number of hydrogen-bond acceptors (Lipinski definition) is 3. The molecule has 1 aromatic carbocycles. The first-order valence-corrected chi connectivity index (χ1v) is 7.94. The van der Waals surface area contributed by atoms with Crippen LogP contribution in [0, 0.1) is 18.8 Å². The molecule has 4 heteroatoms. The van der Waals surface area contributed by atoms with E-state index in [4.69, 9.17) is 4.74 Å². The van der Waals surface area contributed by atoms with E-state index in [1.165, 1.54) is 24.8 Å². The highest BCUT2D eigenvalue weighted by Gasteiger charge is 2.42. The molecule has 0 spiro atoms. The normalized spacial score (nSPS) is 27.4. The molecule has 1 aliphatic carbocycles. The standard InChI is InChI=1S/C17H24N2O2/c1-12-4-2-6-14(10-12)21-9-8-18-17(20)16-15-7-3-5-13(15)11-19-16/h2,4,6,10,13,15-16,19H,3,5,7-9,11H2,1H3,(H,18,20). The van der Waals surface area contributed by atoms with Gasteiger partial charge in [0.2, 0.25) is 5.91 Å². The van der Waals surface area contributed by atoms with Gasteiger partial charge in [0.25, 0.3) is 0 Å². The van der Waals surface area contributed by atoms with E-state index in [-0.39, 0.29) is 11.9 Å². The highest BCUT2D eigenvalue weighted by atomic mass is 16.5. The third kappa shape index (κ3) is 3.38. The van der Waals surface area contributed by atoms with Crippen LogP contribution in [0.1, 0.15) is 24.8 Å². The van der Waals surface area contributed by atoms with Crippen molar-refractivity contribution in [3.8, 4) is 5.75 Å². The van der Waals surface area contributed by atoms with Crippen molar-refractivity contribution in [2.45, 2.75) is 32.2 Å². The summed E-state index contributed by atoms with van der Waals surface area (Å²) in [5.74, 6) is 2.25. The lowest BCUT2D eigenvalue weighted by Crippen LogP contribution is -2.44. The molecule has 3 atom stereocenters. The lowest BCUT2D eigenvalue weighted by atomic mass is 9.94. The summed E-state index contributed by atoms with van der Waals surface area (Å²) in [6, 6.07) is 7.97. The van der Waals surface area contributed by atoms with Gasteiger partial charge in [-0.1, -0.05) is 18.6 Å². The van der Waals surface area contributed by atoms with Crippen LogP contribution in [-0.4, -0.2) is 31.6 Å². The summed E-state index contributed by atoms with van der Waals surface area (Å²) in [4.78, 5) is 12.2. The maximum atomic E-state index is 12.2. The van der Waals surface area contributed by atoms with E-state index in [1.807, 2.05) is 31.2 Å². The van der Waals surface area contributed by atoms with Gasteiger partial charge in [-0.25, -0.2) is 0 Å². The third-order valence-electron chi connectivity index (χ3n) is 4.69. The third-order valence-corrected chi connectivity index (χ3v) is 4.69. The second kappa shape index (κ2) is 6.48. The van der Waals surface area contributed by atoms with Crippen LogP contribution in [0.3, 0.4) is 0 Å². The first-order valence-electron chi connectivity index (χ1n) is 7.94. The largest absolute Gasteiger partial charge is 0.492 e. The molecule has 3 unspecified atom stereocenters. The van der Waals surface area contributed by atoms with Crippen LogP contribution in [-0.2, 0) is 4.79 Å². The van der Waals surface area contributed by atoms with Gasteiger partial charge in [-0.05, 0) is 55.8 Å². The number of aryl methyl sites for hydroxylation is 1. The Morgan fingerprint density at radius 3 is 3.19 bits per heavy atom. The van der Waals surface area contributed by atoms with E-state index in [0.717, 1.165) is 12.3 Å². The molecule has 21 heavy (non-hydrogen) atoms. The van der Waals surface area contributed by atoms with Crippen LogP contribution in [0.4, 0.5) is 0 Å². The van der Waals surface area contributed by atoms with Crippen molar-refractivity contribution in [1.82, 2.24) is 10.6 Å². The molecule has 4 nitrogen and oxygen atoms in total. The van der Waals surface area contributed by atoms with E-state index < -0.39 is 0 Å². The van der Waals surface area contributed by atoms with E-state index in [9.17, 15) is 4.79 Å². The molecule has 1 aromatic rings. The number of amides is 1. The molecular weight excluding hydrogens is 264 g/mol. The van der Waals surface area contributed by atoms with Crippen LogP contribution in [0.25, 0.3) is 0 Å². The summed E-state index contributed by atoms with van der Waals surface area (Å²) in [5.41, 5.74) is 1.18. The number of ether oxygens (including phenoxy) is 1. The Balaban J connectivity index is 1.40. The molecule has 0 radical (unpaired) electrons. The molecule has 2 N–H and O–H groups in total. The Labute approximate surface area is 126 Å². The Kier molecular flexibility index (Phi) is 4.44. The number of hydrogen-bond donors (Lipinski definition) is 2. The van der Waals surface area contributed by atoms with Crippen molar-refractivity contribution in [1.29, 1.82) is 0 Å². The van der Waals surface area contributed by atoms with Crippen molar-refractivity contribution in [3.63, 3.8) is 0 Å². The SMILES string of the molecule is Cc1cccc(OCCNC(=O)C2NCC3CCCC32)c1. The summed E-state index contributed by atoms with van der Waals surface area (Å²) in [6.07, 6.45) is 3.74. The fourth-order valence-electron chi connectivity index (χ4n) is 3.63. The minimum atomic E-state index is 0.0106. The second-order valence-electron chi connectivity index (χ2n) is 6.20. The molecule has 0 bridgehead atoms. The van der Waals surface area contributed by atoms with Crippen LogP contribution < -0.4 is 15.4 Å². The maximum Gasteiger partial charge on any atom is 0.237 e. The van der Waals surface area contributed by atoms with Gasteiger partial charge in [-0.2, -0.15) is 0 Å². The molecule has 0 aromatic heterocycles. The van der Waals surface area contributed by atoms with Gasteiger partial charge in [-0.15, -0.1) is 0 Å². The van der Waals surface area contributed by atoms with E-state index in [2.05, 4.69) is 10.6 Å². The number of nitrogens with one attached hydrogen (secondary N) is 2. The zero-order chi connectivity index (χ0) is 14.7. The second-order valence-corrected chi connectivity index (χ2v) is 6.20. The Morgan fingerprint density at radius 2 is 2.33 bits per heavy atom. The summed E-state index contributed by atoms with van der Waals surface area (Å²) in [7, 11) is 0. The van der Waals surface area contributed by atoms with Gasteiger partial charge in [0.1, 0.15) is 12.4 Å². The number of fused-ring (bicyclic) bond motifs is 1. The predicted octanol–water partition coefficient (Wildman–Crippen LogP) is 1.88. The lowest BCUT2D eigenvalue weighted by Gasteiger charge is -2.17. The molecule has 114 valence electrons. The number of carbonyl (C=O) groups is 1. The van der Waals surface area contributed by atoms with Crippen LogP contribution >= 0.6 is 0 Å². The van der Waals surface area contributed by atoms with Gasteiger partial charge in [-0.3, -0.25) is 4.79 Å². The van der Waals surface area contributed by atoms with Gasteiger partial charge < -0.3 is 15.4 Å². The summed E-state index contributed by atoms with van der Waals surface area (Å²) in [6.45, 7) is 4.11. The van der Waals surface area contributed by atoms with Gasteiger partial charge in [0, 0.05) is 0 Å². The average molecular weight is 288 g/mol. The Bertz CT molecular complexity index is 503. The minimum Gasteiger partial charge on any atom is -0.492 e. The fraction of sp³-hybridized carbons (Fsp3) is 0.588. The Hall–Kier alpha value is -1.55. The Morgan fingerprint density at radius 1 is 1.43 bits per heavy atom. The number of benzene rings is 1. The average Bonchev–Trinajstić information content (AvgIpc) is 3.06. The zero-order valence-corrected chi connectivity index (χ0v) is 12.6. The summed E-state index contributed by atoms with van der Waals surface area (Å²) >= 11 is 0. The van der Waals surface area contributed by atoms with E-state index in [1.54, 1.807) is 0 Å². The topological polar surface area (TPSA) is 50.4 Å². The molecular formula is C17H24N2O2. The van der Waals surface area contributed by atoms with Crippen molar-refractivity contribution in [3.05, 3.63) is 29.8 Å². The van der Waals surface area contributed by atoms with Crippen molar-refractivity contribution >= 4 is 5.91 Å². The van der Waals surface area contributed by atoms with Crippen LogP contribution in [0.2, 0.25) is 0 Å². The van der Waals surface area contributed by atoms with Gasteiger partial charge >= 0.3 is 0 Å². The summed E-state index contributed by atoms with van der Waals surface area (Å²) < 4.78 is 5.65. The minimum absolute atomic E-state index is 0.0106. The summed E-state index contributed by atoms with van der Waals surface area (Å²) in [5, 5.41) is 6.37. The van der Waals surface area contributed by atoms with E-state index >= 15 is 0 Å². The highest BCUT2D eigenvalue weighted by molar-refractivity contribution is 5.82. The highest BCUT2D eigenvalue weighted by Crippen LogP contribution is 2.37. The molecule has 1 aliphatic heterocycles. The fourth-order valence-corrected chi connectivity index (χ4v) is 3.63. The first-order chi connectivity index (χ1) is 10.2.